The summed E-state index contributed by atoms with van der Waals surface area (Å²) >= 11 is 5.98. The number of benzene rings is 1. The lowest BCUT2D eigenvalue weighted by Crippen LogP contribution is -2.49. The molecule has 6 nitrogen and oxygen atoms in total. The molecule has 1 N–H and O–H groups in total. The number of para-hydroxylation sites is 2. The normalized spacial score (nSPS) is 15.3. The summed E-state index contributed by atoms with van der Waals surface area (Å²) in [7, 11) is 0. The molecule has 0 bridgehead atoms. The van der Waals surface area contributed by atoms with Gasteiger partial charge in [0.15, 0.2) is 0 Å². The van der Waals surface area contributed by atoms with Gasteiger partial charge in [0.2, 0.25) is 5.91 Å². The van der Waals surface area contributed by atoms with Crippen molar-refractivity contribution in [1.29, 1.82) is 0 Å². The maximum atomic E-state index is 12.8. The van der Waals surface area contributed by atoms with Crippen LogP contribution in [0.25, 0.3) is 0 Å². The van der Waals surface area contributed by atoms with Crippen LogP contribution in [0.4, 0.5) is 33.5 Å². The van der Waals surface area contributed by atoms with Crippen LogP contribution in [0.5, 0.6) is 5.75 Å². The SMILES string of the molecule is O=C(CN1CCN(c2ncc(C(F)(F)F)cc2Cl)CC1)Nc1ccccc1OC(F)F. The molecule has 31 heavy (non-hydrogen) atoms. The van der Waals surface area contributed by atoms with Gasteiger partial charge in [0.1, 0.15) is 11.6 Å². The number of carbonyl (C=O) groups excluding carboxylic acids is 1. The van der Waals surface area contributed by atoms with Crippen LogP contribution < -0.4 is 15.0 Å². The summed E-state index contributed by atoms with van der Waals surface area (Å²) in [5.74, 6) is -0.306. The predicted octanol–water partition coefficient (Wildman–Crippen LogP) is 4.12. The van der Waals surface area contributed by atoms with Crippen LogP contribution in [0.15, 0.2) is 36.5 Å². The van der Waals surface area contributed by atoms with Gasteiger partial charge in [-0.05, 0) is 18.2 Å². The minimum Gasteiger partial charge on any atom is -0.433 e. The van der Waals surface area contributed by atoms with E-state index >= 15 is 0 Å². The van der Waals surface area contributed by atoms with E-state index < -0.39 is 24.3 Å². The summed E-state index contributed by atoms with van der Waals surface area (Å²) in [5.41, 5.74) is -0.792. The second-order valence-corrected chi connectivity index (χ2v) is 7.12. The van der Waals surface area contributed by atoms with Crippen LogP contribution in [0.3, 0.4) is 0 Å². The van der Waals surface area contributed by atoms with Gasteiger partial charge < -0.3 is 15.0 Å². The van der Waals surface area contributed by atoms with E-state index in [-0.39, 0.29) is 28.8 Å². The Morgan fingerprint density at radius 2 is 1.87 bits per heavy atom. The van der Waals surface area contributed by atoms with E-state index in [0.29, 0.717) is 26.2 Å². The van der Waals surface area contributed by atoms with Gasteiger partial charge in [0.05, 0.1) is 22.8 Å². The first kappa shape index (κ1) is 23.0. The Labute approximate surface area is 179 Å². The van der Waals surface area contributed by atoms with Crippen molar-refractivity contribution in [2.75, 3.05) is 42.9 Å². The molecule has 1 saturated heterocycles. The first-order chi connectivity index (χ1) is 14.6. The molecule has 0 unspecified atom stereocenters. The van der Waals surface area contributed by atoms with Crippen molar-refractivity contribution in [2.24, 2.45) is 0 Å². The number of aromatic nitrogens is 1. The van der Waals surface area contributed by atoms with Crippen molar-refractivity contribution in [1.82, 2.24) is 9.88 Å². The number of ether oxygens (including phenoxy) is 1. The zero-order chi connectivity index (χ0) is 22.6. The maximum Gasteiger partial charge on any atom is 0.417 e. The molecule has 1 aromatic heterocycles. The number of hydrogen-bond donors (Lipinski definition) is 1. The summed E-state index contributed by atoms with van der Waals surface area (Å²) in [4.78, 5) is 19.7. The van der Waals surface area contributed by atoms with E-state index in [1.165, 1.54) is 18.2 Å². The second-order valence-electron chi connectivity index (χ2n) is 6.71. The monoisotopic (exact) mass is 464 g/mol. The molecule has 0 aliphatic carbocycles. The van der Waals surface area contributed by atoms with Crippen molar-refractivity contribution < 1.29 is 31.5 Å². The Morgan fingerprint density at radius 1 is 1.19 bits per heavy atom. The number of nitrogens with one attached hydrogen (secondary N) is 1. The van der Waals surface area contributed by atoms with E-state index in [1.807, 2.05) is 4.90 Å². The Bertz CT molecular complexity index is 920. The highest BCUT2D eigenvalue weighted by Crippen LogP contribution is 2.33. The minimum absolute atomic E-state index is 0.00499. The van der Waals surface area contributed by atoms with Gasteiger partial charge in [-0.15, -0.1) is 0 Å². The van der Waals surface area contributed by atoms with Gasteiger partial charge in [-0.1, -0.05) is 23.7 Å². The van der Waals surface area contributed by atoms with Gasteiger partial charge in [0, 0.05) is 32.4 Å². The fraction of sp³-hybridized carbons (Fsp3) is 0.368. The van der Waals surface area contributed by atoms with Crippen molar-refractivity contribution in [2.45, 2.75) is 12.8 Å². The van der Waals surface area contributed by atoms with E-state index in [1.54, 1.807) is 11.0 Å². The number of carbonyl (C=O) groups is 1. The van der Waals surface area contributed by atoms with E-state index in [9.17, 15) is 26.7 Å². The second kappa shape index (κ2) is 9.65. The lowest BCUT2D eigenvalue weighted by atomic mass is 10.2. The maximum absolute atomic E-state index is 12.8. The lowest BCUT2D eigenvalue weighted by Gasteiger charge is -2.35. The third-order valence-corrected chi connectivity index (χ3v) is 4.84. The average molecular weight is 465 g/mol. The van der Waals surface area contributed by atoms with E-state index in [0.717, 1.165) is 12.3 Å². The Hall–Kier alpha value is -2.66. The number of halogens is 6. The highest BCUT2D eigenvalue weighted by atomic mass is 35.5. The van der Waals surface area contributed by atoms with Crippen LogP contribution in [-0.2, 0) is 11.0 Å². The van der Waals surface area contributed by atoms with Gasteiger partial charge in [-0.3, -0.25) is 9.69 Å². The fourth-order valence-electron chi connectivity index (χ4n) is 3.10. The molecule has 1 amide bonds. The largest absolute Gasteiger partial charge is 0.433 e. The molecule has 1 aliphatic rings. The van der Waals surface area contributed by atoms with Gasteiger partial charge in [-0.25, -0.2) is 4.98 Å². The lowest BCUT2D eigenvalue weighted by molar-refractivity contribution is -0.137. The molecular weight excluding hydrogens is 447 g/mol. The van der Waals surface area contributed by atoms with Crippen LogP contribution in [0.1, 0.15) is 5.56 Å². The predicted molar refractivity (Wildman–Crippen MR) is 105 cm³/mol. The third kappa shape index (κ3) is 6.17. The van der Waals surface area contributed by atoms with Crippen LogP contribution in [0.2, 0.25) is 5.02 Å². The number of alkyl halides is 5. The molecule has 168 valence electrons. The summed E-state index contributed by atoms with van der Waals surface area (Å²) in [5, 5.41) is 2.44. The molecule has 1 fully saturated rings. The van der Waals surface area contributed by atoms with Crippen molar-refractivity contribution in [3.05, 3.63) is 47.1 Å². The summed E-state index contributed by atoms with van der Waals surface area (Å²) in [6, 6.07) is 6.69. The van der Waals surface area contributed by atoms with Gasteiger partial charge >= 0.3 is 12.8 Å². The van der Waals surface area contributed by atoms with Gasteiger partial charge in [0.25, 0.3) is 0 Å². The molecule has 0 atom stereocenters. The topological polar surface area (TPSA) is 57.7 Å². The molecule has 0 radical (unpaired) electrons. The number of nitrogens with zero attached hydrogens (tertiary/aromatic N) is 3. The van der Waals surface area contributed by atoms with E-state index in [2.05, 4.69) is 15.0 Å². The Balaban J connectivity index is 1.54. The summed E-state index contributed by atoms with van der Waals surface area (Å²) in [6.45, 7) is -1.35. The number of rotatable bonds is 6. The number of amides is 1. The van der Waals surface area contributed by atoms with Crippen LogP contribution in [-0.4, -0.2) is 55.1 Å². The number of pyridine rings is 1. The molecule has 1 aliphatic heterocycles. The molecule has 2 aromatic rings. The van der Waals surface area contributed by atoms with Crippen molar-refractivity contribution >= 4 is 29.0 Å². The highest BCUT2D eigenvalue weighted by Gasteiger charge is 2.32. The van der Waals surface area contributed by atoms with Crippen molar-refractivity contribution in [3.63, 3.8) is 0 Å². The first-order valence-electron chi connectivity index (χ1n) is 9.17. The van der Waals surface area contributed by atoms with Crippen LogP contribution >= 0.6 is 11.6 Å². The average Bonchev–Trinajstić information content (AvgIpc) is 2.69. The Morgan fingerprint density at radius 3 is 2.48 bits per heavy atom. The van der Waals surface area contributed by atoms with Crippen molar-refractivity contribution in [3.8, 4) is 5.75 Å². The number of piperazine rings is 1. The summed E-state index contributed by atoms with van der Waals surface area (Å²) in [6.07, 6.45) is -3.79. The molecule has 1 aromatic carbocycles. The molecular formula is C19H18ClF5N4O2. The molecule has 0 spiro atoms. The Kier molecular flexibility index (Phi) is 7.16. The number of hydrogen-bond acceptors (Lipinski definition) is 5. The summed E-state index contributed by atoms with van der Waals surface area (Å²) < 4.78 is 67.6. The van der Waals surface area contributed by atoms with Crippen LogP contribution in [0, 0.1) is 0 Å². The quantitative estimate of drug-likeness (QED) is 0.652. The standard InChI is InChI=1S/C19H18ClF5N4O2/c20-13-9-12(19(23,24)25)10-26-17(13)29-7-5-28(6-8-29)11-16(30)27-14-3-1-2-4-15(14)31-18(21)22/h1-4,9-10,18H,5-8,11H2,(H,27,30). The third-order valence-electron chi connectivity index (χ3n) is 4.57. The molecule has 3 rings (SSSR count). The molecule has 0 saturated carbocycles. The van der Waals surface area contributed by atoms with Gasteiger partial charge in [-0.2, -0.15) is 22.0 Å². The smallest absolute Gasteiger partial charge is 0.417 e. The molecule has 12 heteroatoms. The number of anilines is 2. The van der Waals surface area contributed by atoms with E-state index in [4.69, 9.17) is 11.6 Å². The first-order valence-corrected chi connectivity index (χ1v) is 9.55. The molecule has 2 heterocycles. The fourth-order valence-corrected chi connectivity index (χ4v) is 3.38. The minimum atomic E-state index is -4.53. The zero-order valence-electron chi connectivity index (χ0n) is 16.0. The highest BCUT2D eigenvalue weighted by molar-refractivity contribution is 6.33. The zero-order valence-corrected chi connectivity index (χ0v) is 16.8.